The summed E-state index contributed by atoms with van der Waals surface area (Å²) in [5.41, 5.74) is -0.0845. The van der Waals surface area contributed by atoms with E-state index in [1.807, 2.05) is 6.92 Å². The Labute approximate surface area is 175 Å². The van der Waals surface area contributed by atoms with E-state index in [-0.39, 0.29) is 10.0 Å². The molecule has 1 fully saturated rings. The average molecular weight is 439 g/mol. The van der Waals surface area contributed by atoms with Crippen LogP contribution in [0.15, 0.2) is 47.4 Å². The highest BCUT2D eigenvalue weighted by molar-refractivity contribution is 8.27. The van der Waals surface area contributed by atoms with E-state index in [0.717, 1.165) is 28.8 Å². The Morgan fingerprint density at radius 3 is 2.59 bits per heavy atom. The molecule has 1 amide bonds. The number of ether oxygens (including phenoxy) is 2. The molecule has 0 radical (unpaired) electrons. The second-order valence-electron chi connectivity index (χ2n) is 5.91. The van der Waals surface area contributed by atoms with Crippen LogP contribution in [0.2, 0.25) is 0 Å². The van der Waals surface area contributed by atoms with Crippen LogP contribution in [0.25, 0.3) is 6.08 Å². The molecule has 0 aromatic heterocycles. The van der Waals surface area contributed by atoms with Crippen molar-refractivity contribution in [1.29, 1.82) is 0 Å². The Morgan fingerprint density at radius 1 is 1.17 bits per heavy atom. The van der Waals surface area contributed by atoms with Crippen molar-refractivity contribution in [2.75, 3.05) is 18.6 Å². The molecule has 4 nitrogen and oxygen atoms in total. The first-order chi connectivity index (χ1) is 13.7. The third-order valence-electron chi connectivity index (χ3n) is 4.01. The molecule has 9 heteroatoms. The zero-order valence-electron chi connectivity index (χ0n) is 15.4. The number of benzene rings is 2. The number of carbonyl (C=O) groups excluding carboxylic acids is 1. The summed E-state index contributed by atoms with van der Waals surface area (Å²) >= 11 is 6.27. The van der Waals surface area contributed by atoms with Gasteiger partial charge in [-0.15, -0.1) is 0 Å². The van der Waals surface area contributed by atoms with Crippen LogP contribution in [0.4, 0.5) is 18.9 Å². The first-order valence-electron chi connectivity index (χ1n) is 8.50. The molecule has 1 aliphatic heterocycles. The molecule has 152 valence electrons. The van der Waals surface area contributed by atoms with Gasteiger partial charge in [0.2, 0.25) is 0 Å². The second kappa shape index (κ2) is 8.46. The maximum Gasteiger partial charge on any atom is 0.416 e. The zero-order valence-corrected chi connectivity index (χ0v) is 17.1. The third kappa shape index (κ3) is 4.56. The minimum absolute atomic E-state index is 0.0791. The lowest BCUT2D eigenvalue weighted by Crippen LogP contribution is -2.27. The van der Waals surface area contributed by atoms with Gasteiger partial charge in [-0.3, -0.25) is 9.69 Å². The smallest absolute Gasteiger partial charge is 0.416 e. The first kappa shape index (κ1) is 21.2. The van der Waals surface area contributed by atoms with E-state index in [1.165, 1.54) is 19.2 Å². The number of carbonyl (C=O) groups is 1. The van der Waals surface area contributed by atoms with E-state index < -0.39 is 17.6 Å². The Morgan fingerprint density at radius 2 is 1.93 bits per heavy atom. The third-order valence-corrected chi connectivity index (χ3v) is 5.31. The van der Waals surface area contributed by atoms with Gasteiger partial charge in [0.25, 0.3) is 5.91 Å². The average Bonchev–Trinajstić information content (AvgIpc) is 2.95. The second-order valence-corrected chi connectivity index (χ2v) is 7.58. The number of amides is 1. The van der Waals surface area contributed by atoms with E-state index in [2.05, 4.69) is 0 Å². The van der Waals surface area contributed by atoms with Crippen LogP contribution in [0.1, 0.15) is 18.1 Å². The Bertz CT molecular complexity index is 989. The van der Waals surface area contributed by atoms with Crippen molar-refractivity contribution < 1.29 is 27.4 Å². The van der Waals surface area contributed by atoms with Crippen molar-refractivity contribution in [3.63, 3.8) is 0 Å². The maximum absolute atomic E-state index is 13.0. The lowest BCUT2D eigenvalue weighted by Gasteiger charge is -2.16. The molecule has 1 aliphatic rings. The van der Waals surface area contributed by atoms with E-state index in [4.69, 9.17) is 21.7 Å². The molecule has 2 aromatic rings. The van der Waals surface area contributed by atoms with Gasteiger partial charge in [-0.25, -0.2) is 0 Å². The van der Waals surface area contributed by atoms with Crippen LogP contribution in [-0.4, -0.2) is 23.9 Å². The monoisotopic (exact) mass is 439 g/mol. The normalized spacial score (nSPS) is 15.9. The summed E-state index contributed by atoms with van der Waals surface area (Å²) in [4.78, 5) is 14.2. The maximum atomic E-state index is 13.0. The van der Waals surface area contributed by atoms with Crippen molar-refractivity contribution >= 4 is 46.0 Å². The van der Waals surface area contributed by atoms with Gasteiger partial charge in [0.15, 0.2) is 15.8 Å². The fourth-order valence-corrected chi connectivity index (χ4v) is 4.01. The molecule has 2 aromatic carbocycles. The molecule has 0 unspecified atom stereocenters. The largest absolute Gasteiger partial charge is 0.493 e. The van der Waals surface area contributed by atoms with E-state index in [1.54, 1.807) is 24.3 Å². The van der Waals surface area contributed by atoms with Gasteiger partial charge in [0, 0.05) is 0 Å². The fourth-order valence-electron chi connectivity index (χ4n) is 2.71. The van der Waals surface area contributed by atoms with Gasteiger partial charge < -0.3 is 9.47 Å². The van der Waals surface area contributed by atoms with Crippen molar-refractivity contribution in [3.05, 3.63) is 58.5 Å². The van der Waals surface area contributed by atoms with Crippen LogP contribution < -0.4 is 14.4 Å². The van der Waals surface area contributed by atoms with Gasteiger partial charge in [-0.2, -0.15) is 13.2 Å². The van der Waals surface area contributed by atoms with Crippen LogP contribution in [-0.2, 0) is 11.0 Å². The quantitative estimate of drug-likeness (QED) is 0.453. The van der Waals surface area contributed by atoms with Crippen molar-refractivity contribution in [1.82, 2.24) is 0 Å². The Hall–Kier alpha value is -2.52. The van der Waals surface area contributed by atoms with Crippen LogP contribution in [0, 0.1) is 0 Å². The summed E-state index contributed by atoms with van der Waals surface area (Å²) in [5.74, 6) is 0.603. The highest BCUT2D eigenvalue weighted by Crippen LogP contribution is 2.39. The number of hydrogen-bond donors (Lipinski definition) is 0. The summed E-state index contributed by atoms with van der Waals surface area (Å²) in [6.45, 7) is 2.28. The zero-order chi connectivity index (χ0) is 21.2. The number of methoxy groups -OCH3 is 1. The molecule has 29 heavy (non-hydrogen) atoms. The summed E-state index contributed by atoms with van der Waals surface area (Å²) < 4.78 is 49.9. The molecular weight excluding hydrogens is 423 g/mol. The summed E-state index contributed by atoms with van der Waals surface area (Å²) in [6, 6.07) is 9.71. The first-order valence-corrected chi connectivity index (χ1v) is 9.73. The molecule has 3 rings (SSSR count). The highest BCUT2D eigenvalue weighted by atomic mass is 32.2. The molecule has 1 saturated heterocycles. The van der Waals surface area contributed by atoms with Crippen LogP contribution in [0.3, 0.4) is 0 Å². The number of halogens is 3. The number of hydrogen-bond acceptors (Lipinski definition) is 5. The van der Waals surface area contributed by atoms with Crippen molar-refractivity contribution in [2.24, 2.45) is 0 Å². The summed E-state index contributed by atoms with van der Waals surface area (Å²) in [6.07, 6.45) is -2.89. The lowest BCUT2D eigenvalue weighted by atomic mass is 10.1. The van der Waals surface area contributed by atoms with Gasteiger partial charge in [-0.1, -0.05) is 36.1 Å². The van der Waals surface area contributed by atoms with E-state index in [9.17, 15) is 18.0 Å². The number of thiocarbonyl (C=S) groups is 1. The molecule has 1 heterocycles. The molecule has 0 bridgehead atoms. The van der Waals surface area contributed by atoms with Crippen molar-refractivity contribution in [3.8, 4) is 11.5 Å². The number of anilines is 1. The number of nitrogens with zero attached hydrogens (tertiary/aromatic N) is 1. The SMILES string of the molecule is CCOc1cc(/C=C2\SC(=S)N(c3cccc(C(F)(F)F)c3)C2=O)ccc1OC. The molecule has 0 aliphatic carbocycles. The number of thioether (sulfide) groups is 1. The molecule has 0 N–H and O–H groups in total. The predicted molar refractivity (Wildman–Crippen MR) is 111 cm³/mol. The predicted octanol–water partition coefficient (Wildman–Crippen LogP) is 5.52. The minimum atomic E-state index is -4.51. The van der Waals surface area contributed by atoms with E-state index >= 15 is 0 Å². The number of rotatable bonds is 5. The van der Waals surface area contributed by atoms with Gasteiger partial charge >= 0.3 is 6.18 Å². The van der Waals surface area contributed by atoms with E-state index in [0.29, 0.717) is 28.6 Å². The topological polar surface area (TPSA) is 38.8 Å². The lowest BCUT2D eigenvalue weighted by molar-refractivity contribution is -0.137. The fraction of sp³-hybridized carbons (Fsp3) is 0.200. The molecule has 0 saturated carbocycles. The summed E-state index contributed by atoms with van der Waals surface area (Å²) in [7, 11) is 1.53. The standard InChI is InChI=1S/C20H16F3NO3S2/c1-3-27-16-9-12(7-8-15(16)26-2)10-17-18(25)24(19(28)29-17)14-6-4-5-13(11-14)20(21,22)23/h4-11H,3H2,1-2H3/b17-10-. The van der Waals surface area contributed by atoms with Gasteiger partial charge in [0.05, 0.1) is 29.9 Å². The van der Waals surface area contributed by atoms with Gasteiger partial charge in [-0.05, 0) is 48.9 Å². The van der Waals surface area contributed by atoms with Crippen LogP contribution >= 0.6 is 24.0 Å². The Balaban J connectivity index is 1.92. The summed E-state index contributed by atoms with van der Waals surface area (Å²) in [5, 5.41) is 0. The highest BCUT2D eigenvalue weighted by Gasteiger charge is 2.36. The Kier molecular flexibility index (Phi) is 6.18. The van der Waals surface area contributed by atoms with Gasteiger partial charge in [0.1, 0.15) is 0 Å². The van der Waals surface area contributed by atoms with Crippen molar-refractivity contribution in [2.45, 2.75) is 13.1 Å². The molecule has 0 atom stereocenters. The molecule has 0 spiro atoms. The minimum Gasteiger partial charge on any atom is -0.493 e. The number of alkyl halides is 3. The van der Waals surface area contributed by atoms with Crippen LogP contribution in [0.5, 0.6) is 11.5 Å². The molecular formula is C20H16F3NO3S2.